The number of carbonyl (C=O) groups is 1. The second-order valence-electron chi connectivity index (χ2n) is 12.3. The highest BCUT2D eigenvalue weighted by atomic mass is 19.1. The highest BCUT2D eigenvalue weighted by Gasteiger charge is 2.59. The van der Waals surface area contributed by atoms with Crippen molar-refractivity contribution in [3.63, 3.8) is 0 Å². The molecule has 4 aliphatic rings. The van der Waals surface area contributed by atoms with Gasteiger partial charge in [-0.05, 0) is 112 Å². The molecule has 4 rings (SSSR count). The van der Waals surface area contributed by atoms with Crippen LogP contribution in [0, 0.1) is 40.4 Å². The van der Waals surface area contributed by atoms with Crippen LogP contribution in [0.3, 0.4) is 0 Å². The van der Waals surface area contributed by atoms with Gasteiger partial charge < -0.3 is 0 Å². The molecule has 0 aliphatic heterocycles. The maximum absolute atomic E-state index is 13.9. The van der Waals surface area contributed by atoms with Gasteiger partial charge in [0.15, 0.2) is 5.78 Å². The minimum atomic E-state index is -1.02. The lowest BCUT2D eigenvalue weighted by Crippen LogP contribution is -2.50. The topological polar surface area (TPSA) is 17.1 Å². The van der Waals surface area contributed by atoms with Gasteiger partial charge in [0.2, 0.25) is 0 Å². The van der Waals surface area contributed by atoms with Crippen molar-refractivity contribution in [1.29, 1.82) is 0 Å². The first-order chi connectivity index (χ1) is 13.5. The van der Waals surface area contributed by atoms with Crippen LogP contribution in [0.4, 0.5) is 4.39 Å². The minimum absolute atomic E-state index is 0.286. The van der Waals surface area contributed by atoms with Gasteiger partial charge in [-0.1, -0.05) is 39.2 Å². The van der Waals surface area contributed by atoms with Gasteiger partial charge in [0.05, 0.1) is 0 Å². The van der Waals surface area contributed by atoms with Crippen molar-refractivity contribution in [2.45, 2.75) is 111 Å². The Balaban J connectivity index is 1.47. The van der Waals surface area contributed by atoms with Gasteiger partial charge in [-0.3, -0.25) is 4.79 Å². The van der Waals surface area contributed by atoms with Crippen LogP contribution in [-0.2, 0) is 4.79 Å². The van der Waals surface area contributed by atoms with Crippen molar-refractivity contribution in [1.82, 2.24) is 0 Å². The zero-order chi connectivity index (χ0) is 21.0. The van der Waals surface area contributed by atoms with Crippen molar-refractivity contribution in [3.8, 4) is 0 Å². The second kappa shape index (κ2) is 7.49. The number of allylic oxidation sites excluding steroid dienone is 1. The molecule has 164 valence electrons. The lowest BCUT2D eigenvalue weighted by Gasteiger charge is -2.58. The fraction of sp³-hybridized carbons (Fsp3) is 0.889. The molecule has 0 unspecified atom stereocenters. The molecule has 4 aliphatic carbocycles. The van der Waals surface area contributed by atoms with E-state index >= 15 is 0 Å². The van der Waals surface area contributed by atoms with E-state index in [0.717, 1.165) is 49.4 Å². The molecule has 0 heterocycles. The summed E-state index contributed by atoms with van der Waals surface area (Å²) in [5, 5.41) is 0. The predicted octanol–water partition coefficient (Wildman–Crippen LogP) is 7.69. The summed E-state index contributed by atoms with van der Waals surface area (Å²) in [5.41, 5.74) is 1.22. The van der Waals surface area contributed by atoms with Crippen LogP contribution in [0.1, 0.15) is 105 Å². The molecular formula is C27H43FO. The van der Waals surface area contributed by atoms with Crippen LogP contribution in [-0.4, -0.2) is 11.5 Å². The Morgan fingerprint density at radius 2 is 1.86 bits per heavy atom. The third-order valence-corrected chi connectivity index (χ3v) is 10.2. The lowest BCUT2D eigenvalue weighted by molar-refractivity contribution is -0.117. The summed E-state index contributed by atoms with van der Waals surface area (Å²) in [7, 11) is 0. The van der Waals surface area contributed by atoms with E-state index in [-0.39, 0.29) is 5.41 Å². The first-order valence-electron chi connectivity index (χ1n) is 12.5. The normalized spacial score (nSPS) is 43.2. The monoisotopic (exact) mass is 402 g/mol. The molecular weight excluding hydrogens is 359 g/mol. The van der Waals surface area contributed by atoms with Crippen LogP contribution < -0.4 is 0 Å². The number of alkyl halides is 1. The predicted molar refractivity (Wildman–Crippen MR) is 118 cm³/mol. The van der Waals surface area contributed by atoms with Crippen molar-refractivity contribution >= 4 is 5.78 Å². The molecule has 0 aromatic carbocycles. The minimum Gasteiger partial charge on any atom is -0.295 e. The quantitative estimate of drug-likeness (QED) is 0.460. The molecule has 7 atom stereocenters. The van der Waals surface area contributed by atoms with Gasteiger partial charge in [-0.2, -0.15) is 0 Å². The molecule has 0 N–H and O–H groups in total. The Labute approximate surface area is 178 Å². The third-order valence-electron chi connectivity index (χ3n) is 10.2. The van der Waals surface area contributed by atoms with E-state index in [1.54, 1.807) is 13.8 Å². The van der Waals surface area contributed by atoms with Gasteiger partial charge in [0, 0.05) is 6.42 Å². The summed E-state index contributed by atoms with van der Waals surface area (Å²) in [6.45, 7) is 11.0. The summed E-state index contributed by atoms with van der Waals surface area (Å²) in [6.07, 6.45) is 14.7. The van der Waals surface area contributed by atoms with Gasteiger partial charge >= 0.3 is 0 Å². The average Bonchev–Trinajstić information content (AvgIpc) is 2.98. The Kier molecular flexibility index (Phi) is 5.57. The number of ketones is 1. The standard InChI is InChI=1S/C27H43FO/c1-18(7-6-14-25(2,3)28)22-10-11-23-21-9-8-19-17-20(29)12-15-26(19,4)24(21)13-16-27(22,23)5/h17-18,21-24H,6-16H2,1-5H3/t18-,21+,22-,23+,24+,26+,27-/m1/s1. The molecule has 0 aromatic rings. The van der Waals surface area contributed by atoms with Crippen molar-refractivity contribution < 1.29 is 9.18 Å². The molecule has 0 bridgehead atoms. The Bertz CT molecular complexity index is 673. The SMILES string of the molecule is C[C@H](CCCC(C)(C)F)[C@H]1CC[C@H]2[C@@H]3CCC4=CC(=O)CC[C@]4(C)[C@H]3CC[C@]12C. The third kappa shape index (κ3) is 3.76. The maximum atomic E-state index is 13.9. The van der Waals surface area contributed by atoms with Gasteiger partial charge in [-0.15, -0.1) is 0 Å². The number of carbonyl (C=O) groups excluding carboxylic acids is 1. The van der Waals surface area contributed by atoms with Crippen molar-refractivity contribution in [3.05, 3.63) is 11.6 Å². The maximum Gasteiger partial charge on any atom is 0.155 e. The number of rotatable bonds is 5. The van der Waals surface area contributed by atoms with Gasteiger partial charge in [0.1, 0.15) is 5.67 Å². The molecule has 1 nitrogen and oxygen atoms in total. The fourth-order valence-corrected chi connectivity index (χ4v) is 8.58. The number of hydrogen-bond acceptors (Lipinski definition) is 1. The summed E-state index contributed by atoms with van der Waals surface area (Å²) < 4.78 is 13.9. The van der Waals surface area contributed by atoms with E-state index < -0.39 is 5.67 Å². The van der Waals surface area contributed by atoms with Crippen LogP contribution in [0.15, 0.2) is 11.6 Å². The lowest BCUT2D eigenvalue weighted by atomic mass is 9.46. The molecule has 0 amide bonds. The number of fused-ring (bicyclic) bond motifs is 5. The highest BCUT2D eigenvalue weighted by molar-refractivity contribution is 5.91. The van der Waals surface area contributed by atoms with Crippen LogP contribution in [0.5, 0.6) is 0 Å². The van der Waals surface area contributed by atoms with E-state index in [9.17, 15) is 9.18 Å². The van der Waals surface area contributed by atoms with E-state index in [1.165, 1.54) is 44.1 Å². The zero-order valence-corrected chi connectivity index (χ0v) is 19.5. The smallest absolute Gasteiger partial charge is 0.155 e. The van der Waals surface area contributed by atoms with Crippen molar-refractivity contribution in [2.24, 2.45) is 40.4 Å². The Morgan fingerprint density at radius 3 is 2.59 bits per heavy atom. The summed E-state index contributed by atoms with van der Waals surface area (Å²) in [6, 6.07) is 0. The Morgan fingerprint density at radius 1 is 1.10 bits per heavy atom. The van der Waals surface area contributed by atoms with Crippen LogP contribution >= 0.6 is 0 Å². The van der Waals surface area contributed by atoms with Crippen LogP contribution in [0.2, 0.25) is 0 Å². The molecule has 0 saturated heterocycles. The zero-order valence-electron chi connectivity index (χ0n) is 19.5. The Hall–Kier alpha value is -0.660. The van der Waals surface area contributed by atoms with Crippen LogP contribution in [0.25, 0.3) is 0 Å². The summed E-state index contributed by atoms with van der Waals surface area (Å²) in [4.78, 5) is 12.0. The summed E-state index contributed by atoms with van der Waals surface area (Å²) in [5.74, 6) is 4.39. The molecule has 2 heteroatoms. The van der Waals surface area contributed by atoms with E-state index in [0.29, 0.717) is 23.5 Å². The summed E-state index contributed by atoms with van der Waals surface area (Å²) >= 11 is 0. The molecule has 0 radical (unpaired) electrons. The molecule has 29 heavy (non-hydrogen) atoms. The van der Waals surface area contributed by atoms with Crippen molar-refractivity contribution in [2.75, 3.05) is 0 Å². The first kappa shape index (κ1) is 21.6. The molecule has 0 spiro atoms. The number of halogens is 1. The second-order valence-corrected chi connectivity index (χ2v) is 12.3. The molecule has 0 aromatic heterocycles. The largest absolute Gasteiger partial charge is 0.295 e. The highest BCUT2D eigenvalue weighted by Crippen LogP contribution is 2.67. The first-order valence-corrected chi connectivity index (χ1v) is 12.5. The van der Waals surface area contributed by atoms with Gasteiger partial charge in [0.25, 0.3) is 0 Å². The van der Waals surface area contributed by atoms with E-state index in [2.05, 4.69) is 20.8 Å². The van der Waals surface area contributed by atoms with E-state index in [1.807, 2.05) is 6.08 Å². The molecule has 3 saturated carbocycles. The number of hydrogen-bond donors (Lipinski definition) is 0. The fourth-order valence-electron chi connectivity index (χ4n) is 8.58. The van der Waals surface area contributed by atoms with E-state index in [4.69, 9.17) is 0 Å². The molecule has 3 fully saturated rings. The average molecular weight is 403 g/mol. The van der Waals surface area contributed by atoms with Gasteiger partial charge in [-0.25, -0.2) is 4.39 Å².